The summed E-state index contributed by atoms with van der Waals surface area (Å²) in [5, 5.41) is 3.03. The Morgan fingerprint density at radius 2 is 1.87 bits per heavy atom. The lowest BCUT2D eigenvalue weighted by Gasteiger charge is -2.20. The van der Waals surface area contributed by atoms with Crippen LogP contribution in [-0.4, -0.2) is 33.4 Å². The van der Waals surface area contributed by atoms with E-state index >= 15 is 0 Å². The molecule has 0 saturated carbocycles. The van der Waals surface area contributed by atoms with Gasteiger partial charge in [-0.1, -0.05) is 6.07 Å². The number of benzene rings is 1. The summed E-state index contributed by atoms with van der Waals surface area (Å²) in [6, 6.07) is 17.5. The molecule has 1 saturated heterocycles. The van der Waals surface area contributed by atoms with Gasteiger partial charge in [0.25, 0.3) is 5.91 Å². The Morgan fingerprint density at radius 1 is 1.03 bits per heavy atom. The number of aromatic nitrogens is 3. The molecule has 0 radical (unpaired) electrons. The lowest BCUT2D eigenvalue weighted by molar-refractivity contribution is 0.102. The molecule has 0 bridgehead atoms. The lowest BCUT2D eigenvalue weighted by Crippen LogP contribution is -2.22. The molecule has 31 heavy (non-hydrogen) atoms. The summed E-state index contributed by atoms with van der Waals surface area (Å²) in [5.41, 5.74) is 3.38. The van der Waals surface area contributed by atoms with Gasteiger partial charge in [0.2, 0.25) is 0 Å². The molecule has 1 aliphatic heterocycles. The fourth-order valence-corrected chi connectivity index (χ4v) is 4.57. The summed E-state index contributed by atoms with van der Waals surface area (Å²) in [5.74, 6) is 1.51. The highest BCUT2D eigenvalue weighted by Crippen LogP contribution is 2.27. The molecule has 0 unspecified atom stereocenters. The molecule has 7 heteroatoms. The van der Waals surface area contributed by atoms with E-state index in [4.69, 9.17) is 0 Å². The Balaban J connectivity index is 1.23. The molecule has 0 aliphatic carbocycles. The number of nitrogens with one attached hydrogen (secondary N) is 1. The number of pyridine rings is 2. The van der Waals surface area contributed by atoms with Crippen molar-refractivity contribution in [3.05, 3.63) is 84.4 Å². The molecule has 156 valence electrons. The minimum absolute atomic E-state index is 0.120. The largest absolute Gasteiger partial charge is 0.355 e. The maximum atomic E-state index is 12.8. The number of imidazole rings is 1. The average molecular weight is 430 g/mol. The number of carbonyl (C=O) groups is 1. The first-order valence-corrected chi connectivity index (χ1v) is 11.4. The summed E-state index contributed by atoms with van der Waals surface area (Å²) in [6.45, 7) is 1.97. The maximum Gasteiger partial charge on any atom is 0.255 e. The van der Waals surface area contributed by atoms with E-state index in [0.717, 1.165) is 59.4 Å². The minimum atomic E-state index is -0.120. The van der Waals surface area contributed by atoms with Crippen LogP contribution in [0.25, 0.3) is 5.65 Å². The highest BCUT2D eigenvalue weighted by molar-refractivity contribution is 7.98. The number of hydrogen-bond donors (Lipinski definition) is 1. The standard InChI is InChI=1S/C24H23N5OS/c30-24(27-21-6-5-12-25-23(21)28-13-3-4-14-28)18-8-10-20(11-9-18)31-17-19-16-29-15-2-1-7-22(29)26-19/h1-2,5-12,15-16H,3-4,13-14,17H2,(H,27,30). The molecule has 4 aromatic rings. The number of rotatable bonds is 6. The topological polar surface area (TPSA) is 62.5 Å². The van der Waals surface area contributed by atoms with Crippen LogP contribution in [0.1, 0.15) is 28.9 Å². The van der Waals surface area contributed by atoms with Gasteiger partial charge in [-0.15, -0.1) is 11.8 Å². The van der Waals surface area contributed by atoms with E-state index in [1.807, 2.05) is 65.2 Å². The smallest absolute Gasteiger partial charge is 0.255 e. The van der Waals surface area contributed by atoms with E-state index in [1.54, 1.807) is 18.0 Å². The molecule has 1 fully saturated rings. The van der Waals surface area contributed by atoms with Gasteiger partial charge in [-0.3, -0.25) is 4.79 Å². The summed E-state index contributed by atoms with van der Waals surface area (Å²) in [7, 11) is 0. The second kappa shape index (κ2) is 8.81. The van der Waals surface area contributed by atoms with Crippen molar-refractivity contribution < 1.29 is 4.79 Å². The number of anilines is 2. The average Bonchev–Trinajstić information content (AvgIpc) is 3.48. The predicted octanol–water partition coefficient (Wildman–Crippen LogP) is 4.87. The number of fused-ring (bicyclic) bond motifs is 1. The van der Waals surface area contributed by atoms with Gasteiger partial charge < -0.3 is 14.6 Å². The molecule has 3 aromatic heterocycles. The third kappa shape index (κ3) is 4.41. The van der Waals surface area contributed by atoms with Gasteiger partial charge in [-0.25, -0.2) is 9.97 Å². The zero-order valence-electron chi connectivity index (χ0n) is 17.1. The zero-order valence-corrected chi connectivity index (χ0v) is 17.9. The van der Waals surface area contributed by atoms with E-state index in [9.17, 15) is 4.79 Å². The molecule has 0 spiro atoms. The van der Waals surface area contributed by atoms with Gasteiger partial charge in [0, 0.05) is 47.9 Å². The molecule has 0 atom stereocenters. The van der Waals surface area contributed by atoms with Crippen LogP contribution in [-0.2, 0) is 5.75 Å². The van der Waals surface area contributed by atoms with E-state index in [1.165, 1.54) is 0 Å². The minimum Gasteiger partial charge on any atom is -0.355 e. The fraction of sp³-hybridized carbons (Fsp3) is 0.208. The Kier molecular flexibility index (Phi) is 5.58. The highest BCUT2D eigenvalue weighted by Gasteiger charge is 2.18. The van der Waals surface area contributed by atoms with Crippen LogP contribution in [0.15, 0.2) is 78.1 Å². The van der Waals surface area contributed by atoms with Crippen molar-refractivity contribution in [1.82, 2.24) is 14.4 Å². The molecule has 6 nitrogen and oxygen atoms in total. The summed E-state index contributed by atoms with van der Waals surface area (Å²) < 4.78 is 2.03. The van der Waals surface area contributed by atoms with Crippen molar-refractivity contribution in [3.63, 3.8) is 0 Å². The first-order valence-electron chi connectivity index (χ1n) is 10.4. The molecule has 1 aliphatic rings. The third-order valence-electron chi connectivity index (χ3n) is 5.36. The van der Waals surface area contributed by atoms with Crippen LogP contribution >= 0.6 is 11.8 Å². The number of hydrogen-bond acceptors (Lipinski definition) is 5. The van der Waals surface area contributed by atoms with Crippen LogP contribution < -0.4 is 10.2 Å². The van der Waals surface area contributed by atoms with E-state index in [-0.39, 0.29) is 5.91 Å². The molecule has 4 heterocycles. The molecule has 1 amide bonds. The quantitative estimate of drug-likeness (QED) is 0.443. The first-order chi connectivity index (χ1) is 15.3. The van der Waals surface area contributed by atoms with Crippen molar-refractivity contribution in [2.24, 2.45) is 0 Å². The fourth-order valence-electron chi connectivity index (χ4n) is 3.79. The zero-order chi connectivity index (χ0) is 21.0. The van der Waals surface area contributed by atoms with E-state index < -0.39 is 0 Å². The Labute approximate surface area is 185 Å². The number of amides is 1. The Hall–Kier alpha value is -3.32. The van der Waals surface area contributed by atoms with Crippen molar-refractivity contribution in [2.75, 3.05) is 23.3 Å². The molecule has 5 rings (SSSR count). The van der Waals surface area contributed by atoms with Gasteiger partial charge >= 0.3 is 0 Å². The predicted molar refractivity (Wildman–Crippen MR) is 125 cm³/mol. The van der Waals surface area contributed by atoms with Gasteiger partial charge in [-0.2, -0.15) is 0 Å². The second-order valence-corrected chi connectivity index (χ2v) is 8.58. The Morgan fingerprint density at radius 3 is 2.68 bits per heavy atom. The molecular weight excluding hydrogens is 406 g/mol. The van der Waals surface area contributed by atoms with Gasteiger partial charge in [0.05, 0.1) is 11.4 Å². The van der Waals surface area contributed by atoms with Crippen LogP contribution in [0, 0.1) is 0 Å². The van der Waals surface area contributed by atoms with Crippen LogP contribution in [0.4, 0.5) is 11.5 Å². The maximum absolute atomic E-state index is 12.8. The van der Waals surface area contributed by atoms with E-state index in [2.05, 4.69) is 26.4 Å². The number of thioether (sulfide) groups is 1. The SMILES string of the molecule is O=C(Nc1cccnc1N1CCCC1)c1ccc(SCc2cn3ccccc3n2)cc1. The summed E-state index contributed by atoms with van der Waals surface area (Å²) in [4.78, 5) is 25.2. The molecule has 1 aromatic carbocycles. The number of carbonyl (C=O) groups excluding carboxylic acids is 1. The van der Waals surface area contributed by atoms with Gasteiger partial charge in [0.15, 0.2) is 5.82 Å². The highest BCUT2D eigenvalue weighted by atomic mass is 32.2. The summed E-state index contributed by atoms with van der Waals surface area (Å²) >= 11 is 1.71. The van der Waals surface area contributed by atoms with Crippen LogP contribution in [0.3, 0.4) is 0 Å². The third-order valence-corrected chi connectivity index (χ3v) is 6.40. The molecular formula is C24H23N5OS. The van der Waals surface area contributed by atoms with E-state index in [0.29, 0.717) is 5.56 Å². The van der Waals surface area contributed by atoms with Crippen molar-refractivity contribution in [1.29, 1.82) is 0 Å². The van der Waals surface area contributed by atoms with Crippen LogP contribution in [0.2, 0.25) is 0 Å². The monoisotopic (exact) mass is 429 g/mol. The van der Waals surface area contributed by atoms with Crippen molar-refractivity contribution in [3.8, 4) is 0 Å². The summed E-state index contributed by atoms with van der Waals surface area (Å²) in [6.07, 6.45) is 8.16. The molecule has 1 N–H and O–H groups in total. The van der Waals surface area contributed by atoms with Gasteiger partial charge in [-0.05, 0) is 61.4 Å². The number of nitrogens with zero attached hydrogens (tertiary/aromatic N) is 4. The normalized spacial score (nSPS) is 13.6. The van der Waals surface area contributed by atoms with Crippen molar-refractivity contribution >= 4 is 34.8 Å². The first kappa shape index (κ1) is 19.6. The van der Waals surface area contributed by atoms with Crippen LogP contribution in [0.5, 0.6) is 0 Å². The second-order valence-electron chi connectivity index (χ2n) is 7.53. The Bertz CT molecular complexity index is 1170. The van der Waals surface area contributed by atoms with Crippen molar-refractivity contribution in [2.45, 2.75) is 23.5 Å². The van der Waals surface area contributed by atoms with Gasteiger partial charge in [0.1, 0.15) is 5.65 Å². The lowest BCUT2D eigenvalue weighted by atomic mass is 10.2.